The van der Waals surface area contributed by atoms with Crippen molar-refractivity contribution in [1.82, 2.24) is 4.83 Å². The van der Waals surface area contributed by atoms with E-state index >= 15 is 0 Å². The maximum Gasteiger partial charge on any atom is 0.276 e. The molecule has 0 aliphatic carbocycles. The van der Waals surface area contributed by atoms with Gasteiger partial charge in [0.1, 0.15) is 0 Å². The third-order valence-electron chi connectivity index (χ3n) is 2.65. The van der Waals surface area contributed by atoms with Gasteiger partial charge in [-0.3, -0.25) is 0 Å². The van der Waals surface area contributed by atoms with E-state index in [0.717, 1.165) is 10.0 Å². The Balaban J connectivity index is 2.19. The van der Waals surface area contributed by atoms with Gasteiger partial charge in [0.15, 0.2) is 0 Å². The highest BCUT2D eigenvalue weighted by atomic mass is 79.9. The molecule has 4 nitrogen and oxygen atoms in total. The van der Waals surface area contributed by atoms with E-state index in [1.165, 1.54) is 12.1 Å². The summed E-state index contributed by atoms with van der Waals surface area (Å²) in [6.45, 7) is 1.75. The van der Waals surface area contributed by atoms with E-state index in [2.05, 4.69) is 25.9 Å². The van der Waals surface area contributed by atoms with Crippen molar-refractivity contribution in [3.05, 3.63) is 64.6 Å². The summed E-state index contributed by atoms with van der Waals surface area (Å²) < 4.78 is 24.9. The third kappa shape index (κ3) is 3.68. The molecule has 0 saturated heterocycles. The van der Waals surface area contributed by atoms with Crippen molar-refractivity contribution in [2.45, 2.75) is 11.8 Å². The number of hydrazone groups is 1. The number of hydrogen-bond acceptors (Lipinski definition) is 3. The molecule has 6 heteroatoms. The van der Waals surface area contributed by atoms with Crippen molar-refractivity contribution >= 4 is 31.7 Å². The summed E-state index contributed by atoms with van der Waals surface area (Å²) in [4.78, 5) is 2.41. The first kappa shape index (κ1) is 14.7. The lowest BCUT2D eigenvalue weighted by atomic mass is 10.1. The summed E-state index contributed by atoms with van der Waals surface area (Å²) in [5.74, 6) is 0. The van der Waals surface area contributed by atoms with Crippen LogP contribution in [0.4, 0.5) is 0 Å². The van der Waals surface area contributed by atoms with E-state index in [0.29, 0.717) is 5.71 Å². The van der Waals surface area contributed by atoms with Crippen LogP contribution in [0.5, 0.6) is 0 Å². The fourth-order valence-electron chi connectivity index (χ4n) is 1.54. The molecular formula is C14H13BrN2O2S. The molecule has 2 rings (SSSR count). The van der Waals surface area contributed by atoms with E-state index in [1.807, 2.05) is 30.3 Å². The molecule has 0 bridgehead atoms. The van der Waals surface area contributed by atoms with Crippen molar-refractivity contribution in [3.8, 4) is 0 Å². The van der Waals surface area contributed by atoms with Gasteiger partial charge >= 0.3 is 0 Å². The van der Waals surface area contributed by atoms with Crippen molar-refractivity contribution in [2.24, 2.45) is 5.10 Å². The fourth-order valence-corrected chi connectivity index (χ4v) is 2.66. The maximum atomic E-state index is 12.0. The molecular weight excluding hydrogens is 340 g/mol. The normalized spacial score (nSPS) is 12.2. The van der Waals surface area contributed by atoms with Crippen LogP contribution in [0, 0.1) is 0 Å². The molecule has 0 aliphatic heterocycles. The van der Waals surface area contributed by atoms with Crippen molar-refractivity contribution < 1.29 is 8.42 Å². The van der Waals surface area contributed by atoms with Gasteiger partial charge in [-0.15, -0.1) is 0 Å². The first-order valence-corrected chi connectivity index (χ1v) is 8.14. The van der Waals surface area contributed by atoms with E-state index in [-0.39, 0.29) is 4.90 Å². The second-order valence-corrected chi connectivity index (χ2v) is 6.69. The quantitative estimate of drug-likeness (QED) is 0.678. The average molecular weight is 353 g/mol. The van der Waals surface area contributed by atoms with Crippen LogP contribution in [0.3, 0.4) is 0 Å². The Morgan fingerprint density at radius 3 is 2.25 bits per heavy atom. The molecule has 0 saturated carbocycles. The molecule has 0 radical (unpaired) electrons. The lowest BCUT2D eigenvalue weighted by molar-refractivity contribution is 0.584. The van der Waals surface area contributed by atoms with Gasteiger partial charge in [-0.25, -0.2) is 0 Å². The highest BCUT2D eigenvalue weighted by Crippen LogP contribution is 2.14. The summed E-state index contributed by atoms with van der Waals surface area (Å²) in [5, 5.41) is 3.93. The van der Waals surface area contributed by atoms with Crippen LogP contribution in [0.1, 0.15) is 12.5 Å². The average Bonchev–Trinajstić information content (AvgIpc) is 2.46. The molecule has 1 N–H and O–H groups in total. The van der Waals surface area contributed by atoms with Crippen LogP contribution in [0.2, 0.25) is 0 Å². The molecule has 2 aromatic carbocycles. The van der Waals surface area contributed by atoms with E-state index in [4.69, 9.17) is 0 Å². The Kier molecular flexibility index (Phi) is 4.57. The second-order valence-electron chi connectivity index (χ2n) is 4.11. The predicted octanol–water partition coefficient (Wildman–Crippen LogP) is 3.15. The van der Waals surface area contributed by atoms with Gasteiger partial charge in [0.05, 0.1) is 10.6 Å². The molecule has 2 aromatic rings. The molecule has 0 unspecified atom stereocenters. The Morgan fingerprint density at radius 1 is 1.05 bits per heavy atom. The molecule has 20 heavy (non-hydrogen) atoms. The zero-order valence-corrected chi connectivity index (χ0v) is 13.1. The molecule has 0 aromatic heterocycles. The highest BCUT2D eigenvalue weighted by molar-refractivity contribution is 9.10. The number of benzene rings is 2. The minimum atomic E-state index is -3.64. The number of halogens is 1. The summed E-state index contributed by atoms with van der Waals surface area (Å²) in [6, 6.07) is 15.7. The highest BCUT2D eigenvalue weighted by Gasteiger charge is 2.12. The van der Waals surface area contributed by atoms with Gasteiger partial charge in [-0.05, 0) is 36.8 Å². The number of nitrogens with zero attached hydrogens (tertiary/aromatic N) is 1. The van der Waals surface area contributed by atoms with E-state index in [1.54, 1.807) is 19.1 Å². The van der Waals surface area contributed by atoms with Crippen LogP contribution in [0.25, 0.3) is 0 Å². The smallest absolute Gasteiger partial charge is 0.200 e. The number of nitrogens with one attached hydrogen (secondary N) is 1. The number of rotatable bonds is 4. The van der Waals surface area contributed by atoms with Gasteiger partial charge in [-0.2, -0.15) is 18.4 Å². The van der Waals surface area contributed by atoms with Gasteiger partial charge < -0.3 is 0 Å². The van der Waals surface area contributed by atoms with Crippen molar-refractivity contribution in [3.63, 3.8) is 0 Å². The van der Waals surface area contributed by atoms with E-state index in [9.17, 15) is 8.42 Å². The molecule has 0 heterocycles. The van der Waals surface area contributed by atoms with Gasteiger partial charge in [0.2, 0.25) is 0 Å². The molecule has 0 amide bonds. The first-order valence-electron chi connectivity index (χ1n) is 5.86. The van der Waals surface area contributed by atoms with Crippen LogP contribution < -0.4 is 4.83 Å². The van der Waals surface area contributed by atoms with Crippen LogP contribution in [0.15, 0.2) is 69.1 Å². The topological polar surface area (TPSA) is 58.5 Å². The SMILES string of the molecule is C/C(=N\NS(=O)(=O)c1ccc(Br)cc1)c1ccccc1. The number of sulfonamides is 1. The predicted molar refractivity (Wildman–Crippen MR) is 83.1 cm³/mol. The zero-order valence-electron chi connectivity index (χ0n) is 10.7. The van der Waals surface area contributed by atoms with Crippen LogP contribution in [-0.4, -0.2) is 14.1 Å². The third-order valence-corrected chi connectivity index (χ3v) is 4.40. The van der Waals surface area contributed by atoms with E-state index < -0.39 is 10.0 Å². The standard InChI is InChI=1S/C14H13BrN2O2S/c1-11(12-5-3-2-4-6-12)16-17-20(18,19)14-9-7-13(15)8-10-14/h2-10,17H,1H3/b16-11+. The van der Waals surface area contributed by atoms with Gasteiger partial charge in [0.25, 0.3) is 10.0 Å². The van der Waals surface area contributed by atoms with Gasteiger partial charge in [-0.1, -0.05) is 46.3 Å². The van der Waals surface area contributed by atoms with Crippen molar-refractivity contribution in [1.29, 1.82) is 0 Å². The second kappa shape index (κ2) is 6.19. The fraction of sp³-hybridized carbons (Fsp3) is 0.0714. The first-order chi connectivity index (χ1) is 9.49. The Morgan fingerprint density at radius 2 is 1.65 bits per heavy atom. The minimum Gasteiger partial charge on any atom is -0.200 e. The molecule has 0 aliphatic rings. The summed E-state index contributed by atoms with van der Waals surface area (Å²) >= 11 is 3.26. The van der Waals surface area contributed by atoms with Gasteiger partial charge in [0, 0.05) is 4.47 Å². The molecule has 0 fully saturated rings. The summed E-state index contributed by atoms with van der Waals surface area (Å²) in [5.41, 5.74) is 1.47. The zero-order chi connectivity index (χ0) is 14.6. The van der Waals surface area contributed by atoms with Crippen molar-refractivity contribution in [2.75, 3.05) is 0 Å². The van der Waals surface area contributed by atoms with Crippen LogP contribution >= 0.6 is 15.9 Å². The Hall–Kier alpha value is -1.66. The lowest BCUT2D eigenvalue weighted by Crippen LogP contribution is -2.19. The summed E-state index contributed by atoms with van der Waals surface area (Å²) in [7, 11) is -3.64. The number of hydrogen-bond donors (Lipinski definition) is 1. The minimum absolute atomic E-state index is 0.172. The molecule has 104 valence electrons. The lowest BCUT2D eigenvalue weighted by Gasteiger charge is -2.05. The Labute approximate surface area is 126 Å². The maximum absolute atomic E-state index is 12.0. The Bertz CT molecular complexity index is 711. The molecule has 0 spiro atoms. The monoisotopic (exact) mass is 352 g/mol. The largest absolute Gasteiger partial charge is 0.276 e. The van der Waals surface area contributed by atoms with Crippen LogP contribution in [-0.2, 0) is 10.0 Å². The molecule has 0 atom stereocenters. The summed E-state index contributed by atoms with van der Waals surface area (Å²) in [6.07, 6.45) is 0.